The van der Waals surface area contributed by atoms with Crippen LogP contribution in [0.2, 0.25) is 0 Å². The maximum atomic E-state index is 12.0. The highest BCUT2D eigenvalue weighted by atomic mass is 16.4. The number of carboxylic acids is 1. The molecule has 25 heavy (non-hydrogen) atoms. The molecule has 142 valence electrons. The van der Waals surface area contributed by atoms with Crippen molar-refractivity contribution in [2.75, 3.05) is 7.05 Å². The van der Waals surface area contributed by atoms with Crippen molar-refractivity contribution in [1.29, 1.82) is 0 Å². The fraction of sp³-hybridized carbons (Fsp3) is 0.667. The van der Waals surface area contributed by atoms with Crippen molar-refractivity contribution in [2.24, 2.45) is 0 Å². The molecule has 0 rings (SSSR count). The molecule has 0 aromatic carbocycles. The van der Waals surface area contributed by atoms with E-state index in [-0.39, 0.29) is 5.78 Å². The molecule has 0 radical (unpaired) electrons. The summed E-state index contributed by atoms with van der Waals surface area (Å²) < 4.78 is 0. The van der Waals surface area contributed by atoms with Crippen LogP contribution in [0, 0.1) is 0 Å². The number of Topliss-reactive ketones (excluding diaryl/α,β-unsaturated/α-hetero) is 1. The van der Waals surface area contributed by atoms with Gasteiger partial charge in [0.2, 0.25) is 17.7 Å². The molecule has 10 nitrogen and oxygen atoms in total. The SMILES string of the molecule is CNC(CC(=O)O)C(=O)NC(C)C(=O)NC(C)C(=O)NC(C)C(C)=O. The Morgan fingerprint density at radius 3 is 1.56 bits per heavy atom. The molecule has 0 fully saturated rings. The Bertz CT molecular complexity index is 536. The summed E-state index contributed by atoms with van der Waals surface area (Å²) >= 11 is 0. The van der Waals surface area contributed by atoms with Crippen LogP contribution in [0.1, 0.15) is 34.1 Å². The average Bonchev–Trinajstić information content (AvgIpc) is 2.51. The third-order valence-electron chi connectivity index (χ3n) is 3.52. The molecule has 0 heterocycles. The molecule has 0 bridgehead atoms. The van der Waals surface area contributed by atoms with E-state index in [0.717, 1.165) is 0 Å². The molecule has 0 aliphatic heterocycles. The van der Waals surface area contributed by atoms with E-state index in [2.05, 4.69) is 21.3 Å². The van der Waals surface area contributed by atoms with Gasteiger partial charge in [0.1, 0.15) is 12.1 Å². The van der Waals surface area contributed by atoms with Crippen LogP contribution in [0.5, 0.6) is 0 Å². The van der Waals surface area contributed by atoms with Crippen LogP contribution in [-0.2, 0) is 24.0 Å². The van der Waals surface area contributed by atoms with Crippen LogP contribution < -0.4 is 21.3 Å². The highest BCUT2D eigenvalue weighted by Crippen LogP contribution is 1.95. The Hall–Kier alpha value is -2.49. The Morgan fingerprint density at radius 1 is 0.800 bits per heavy atom. The van der Waals surface area contributed by atoms with Crippen molar-refractivity contribution in [1.82, 2.24) is 21.3 Å². The van der Waals surface area contributed by atoms with Crippen LogP contribution in [-0.4, -0.2) is 65.8 Å². The molecule has 3 amide bonds. The maximum absolute atomic E-state index is 12.0. The molecule has 5 N–H and O–H groups in total. The standard InChI is InChI=1S/C15H26N4O6/c1-7(10(4)20)17-13(23)8(2)18-14(24)9(3)19-15(25)11(16-5)6-12(21)22/h7-9,11,16H,6H2,1-5H3,(H,17,23)(H,18,24)(H,19,25)(H,21,22). The minimum absolute atomic E-state index is 0.218. The summed E-state index contributed by atoms with van der Waals surface area (Å²) in [6, 6.07) is -3.54. The number of likely N-dealkylation sites (N-methyl/N-ethyl adjacent to an activating group) is 1. The van der Waals surface area contributed by atoms with Crippen LogP contribution in [0.15, 0.2) is 0 Å². The average molecular weight is 358 g/mol. The Labute approximate surface area is 146 Å². The van der Waals surface area contributed by atoms with E-state index in [9.17, 15) is 24.0 Å². The zero-order valence-corrected chi connectivity index (χ0v) is 15.0. The van der Waals surface area contributed by atoms with Crippen molar-refractivity contribution in [2.45, 2.75) is 58.3 Å². The predicted octanol–water partition coefficient (Wildman–Crippen LogP) is -1.85. The zero-order valence-electron chi connectivity index (χ0n) is 15.0. The Morgan fingerprint density at radius 2 is 1.20 bits per heavy atom. The van der Waals surface area contributed by atoms with Crippen LogP contribution >= 0.6 is 0 Å². The minimum Gasteiger partial charge on any atom is -0.481 e. The smallest absolute Gasteiger partial charge is 0.305 e. The monoisotopic (exact) mass is 358 g/mol. The lowest BCUT2D eigenvalue weighted by molar-refractivity contribution is -0.140. The molecule has 0 aliphatic rings. The second-order valence-corrected chi connectivity index (χ2v) is 5.74. The fourth-order valence-electron chi connectivity index (χ4n) is 1.72. The lowest BCUT2D eigenvalue weighted by Gasteiger charge is -2.21. The third-order valence-corrected chi connectivity index (χ3v) is 3.52. The van der Waals surface area contributed by atoms with Gasteiger partial charge in [0, 0.05) is 0 Å². The number of carbonyl (C=O) groups excluding carboxylic acids is 4. The number of rotatable bonds is 10. The molecule has 10 heteroatoms. The quantitative estimate of drug-likeness (QED) is 0.307. The largest absolute Gasteiger partial charge is 0.481 e. The van der Waals surface area contributed by atoms with Gasteiger partial charge >= 0.3 is 5.97 Å². The predicted molar refractivity (Wildman–Crippen MR) is 88.6 cm³/mol. The minimum atomic E-state index is -1.16. The number of nitrogens with one attached hydrogen (secondary N) is 4. The van der Waals surface area contributed by atoms with Gasteiger partial charge in [-0.1, -0.05) is 0 Å². The van der Waals surface area contributed by atoms with Crippen molar-refractivity contribution in [3.8, 4) is 0 Å². The van der Waals surface area contributed by atoms with Crippen molar-refractivity contribution in [3.05, 3.63) is 0 Å². The van der Waals surface area contributed by atoms with Gasteiger partial charge < -0.3 is 26.4 Å². The van der Waals surface area contributed by atoms with Gasteiger partial charge in [0.25, 0.3) is 0 Å². The fourth-order valence-corrected chi connectivity index (χ4v) is 1.72. The second-order valence-electron chi connectivity index (χ2n) is 5.74. The lowest BCUT2D eigenvalue weighted by atomic mass is 10.1. The molecular formula is C15H26N4O6. The first kappa shape index (κ1) is 22.5. The zero-order chi connectivity index (χ0) is 19.7. The van der Waals surface area contributed by atoms with E-state index in [1.807, 2.05) is 0 Å². The van der Waals surface area contributed by atoms with Crippen LogP contribution in [0.4, 0.5) is 0 Å². The normalized spacial score (nSPS) is 15.2. The first-order valence-corrected chi connectivity index (χ1v) is 7.80. The Balaban J connectivity index is 4.58. The number of carboxylic acid groups (broad SMARTS) is 1. The number of hydrogen-bond donors (Lipinski definition) is 5. The number of carbonyl (C=O) groups is 5. The van der Waals surface area contributed by atoms with E-state index in [0.29, 0.717) is 0 Å². The van der Waals surface area contributed by atoms with Gasteiger partial charge in [-0.15, -0.1) is 0 Å². The number of aliphatic carboxylic acids is 1. The lowest BCUT2D eigenvalue weighted by Crippen LogP contribution is -2.55. The maximum Gasteiger partial charge on any atom is 0.305 e. The Kier molecular flexibility index (Phi) is 9.36. The summed E-state index contributed by atoms with van der Waals surface area (Å²) in [7, 11) is 1.43. The highest BCUT2D eigenvalue weighted by molar-refractivity contribution is 5.94. The molecule has 4 atom stereocenters. The molecular weight excluding hydrogens is 332 g/mol. The number of amides is 3. The summed E-state index contributed by atoms with van der Waals surface area (Å²) in [5.41, 5.74) is 0. The molecule has 0 aliphatic carbocycles. The summed E-state index contributed by atoms with van der Waals surface area (Å²) in [5, 5.41) is 18.5. The van der Waals surface area contributed by atoms with Crippen LogP contribution in [0.25, 0.3) is 0 Å². The van der Waals surface area contributed by atoms with Gasteiger partial charge in [-0.05, 0) is 34.7 Å². The van der Waals surface area contributed by atoms with E-state index in [4.69, 9.17) is 5.11 Å². The summed E-state index contributed by atoms with van der Waals surface area (Å²) in [6.07, 6.45) is -0.432. The summed E-state index contributed by atoms with van der Waals surface area (Å²) in [6.45, 7) is 5.71. The van der Waals surface area contributed by atoms with Crippen molar-refractivity contribution in [3.63, 3.8) is 0 Å². The topological polar surface area (TPSA) is 154 Å². The molecule has 4 unspecified atom stereocenters. The van der Waals surface area contributed by atoms with E-state index >= 15 is 0 Å². The molecule has 0 saturated heterocycles. The van der Waals surface area contributed by atoms with E-state index < -0.39 is 54.3 Å². The third kappa shape index (κ3) is 8.25. The van der Waals surface area contributed by atoms with Gasteiger partial charge in [0.05, 0.1) is 18.5 Å². The van der Waals surface area contributed by atoms with Gasteiger partial charge in [0.15, 0.2) is 5.78 Å². The van der Waals surface area contributed by atoms with E-state index in [1.54, 1.807) is 0 Å². The molecule has 0 spiro atoms. The van der Waals surface area contributed by atoms with Crippen LogP contribution in [0.3, 0.4) is 0 Å². The molecule has 0 aromatic rings. The first-order valence-electron chi connectivity index (χ1n) is 7.80. The van der Waals surface area contributed by atoms with Gasteiger partial charge in [-0.3, -0.25) is 24.0 Å². The number of ketones is 1. The second kappa shape index (κ2) is 10.4. The molecule has 0 saturated carbocycles. The summed E-state index contributed by atoms with van der Waals surface area (Å²) in [5.74, 6) is -3.17. The number of hydrogen-bond acceptors (Lipinski definition) is 6. The summed E-state index contributed by atoms with van der Waals surface area (Å²) in [4.78, 5) is 57.6. The van der Waals surface area contributed by atoms with Crippen molar-refractivity contribution < 1.29 is 29.1 Å². The van der Waals surface area contributed by atoms with Crippen molar-refractivity contribution >= 4 is 29.5 Å². The highest BCUT2D eigenvalue weighted by Gasteiger charge is 2.25. The van der Waals surface area contributed by atoms with E-state index in [1.165, 1.54) is 34.7 Å². The van der Waals surface area contributed by atoms with Gasteiger partial charge in [-0.2, -0.15) is 0 Å². The molecule has 0 aromatic heterocycles. The van der Waals surface area contributed by atoms with Gasteiger partial charge in [-0.25, -0.2) is 0 Å². The first-order chi connectivity index (χ1) is 11.5.